The average Bonchev–Trinajstić information content (AvgIpc) is 2.50. The van der Waals surface area contributed by atoms with Crippen LogP contribution >= 0.6 is 12.4 Å². The van der Waals surface area contributed by atoms with Crippen molar-refractivity contribution in [3.8, 4) is 11.5 Å². The highest BCUT2D eigenvalue weighted by molar-refractivity contribution is 5.85. The molecule has 1 rings (SSSR count). The number of nitro benzene ring substituents is 1. The Bertz CT molecular complexity index is 506. The predicted molar refractivity (Wildman–Crippen MR) is 85.6 cm³/mol. The highest BCUT2D eigenvalue weighted by Crippen LogP contribution is 2.38. The van der Waals surface area contributed by atoms with E-state index in [2.05, 4.69) is 4.90 Å². The maximum Gasteiger partial charge on any atom is 0.325 e. The fraction of sp³-hybridized carbons (Fsp3) is 0.500. The minimum absolute atomic E-state index is 0. The van der Waals surface area contributed by atoms with Crippen LogP contribution in [0.4, 0.5) is 5.69 Å². The maximum atomic E-state index is 11.1. The Balaban J connectivity index is 0.00000441. The van der Waals surface area contributed by atoms with E-state index >= 15 is 0 Å². The van der Waals surface area contributed by atoms with Crippen molar-refractivity contribution in [2.75, 3.05) is 33.4 Å². The Morgan fingerprint density at radius 3 is 2.41 bits per heavy atom. The number of hydrogen-bond acceptors (Lipinski definition) is 6. The highest BCUT2D eigenvalue weighted by atomic mass is 35.5. The van der Waals surface area contributed by atoms with E-state index in [9.17, 15) is 14.9 Å². The van der Waals surface area contributed by atoms with Crippen LogP contribution < -0.4 is 9.47 Å². The van der Waals surface area contributed by atoms with Crippen molar-refractivity contribution in [1.29, 1.82) is 0 Å². The number of ether oxygens (including phenoxy) is 2. The summed E-state index contributed by atoms with van der Waals surface area (Å²) in [4.78, 5) is 23.5. The van der Waals surface area contributed by atoms with Gasteiger partial charge in [-0.25, -0.2) is 0 Å². The van der Waals surface area contributed by atoms with Gasteiger partial charge in [0.15, 0.2) is 12.0 Å². The lowest BCUT2D eigenvalue weighted by molar-refractivity contribution is -0.386. The smallest absolute Gasteiger partial charge is 0.325 e. The molecule has 0 atom stereocenters. The lowest BCUT2D eigenvalue weighted by Gasteiger charge is -2.18. The summed E-state index contributed by atoms with van der Waals surface area (Å²) in [6.45, 7) is 7.00. The van der Waals surface area contributed by atoms with Gasteiger partial charge >= 0.3 is 5.69 Å². The third-order valence-corrected chi connectivity index (χ3v) is 3.20. The molecular formula is C14H21ClN2O5. The molecule has 0 radical (unpaired) electrons. The highest BCUT2D eigenvalue weighted by Gasteiger charge is 2.25. The molecule has 0 N–H and O–H groups in total. The minimum atomic E-state index is -0.639. The van der Waals surface area contributed by atoms with E-state index in [-0.39, 0.29) is 35.2 Å². The summed E-state index contributed by atoms with van der Waals surface area (Å²) >= 11 is 0. The summed E-state index contributed by atoms with van der Waals surface area (Å²) < 4.78 is 10.6. The molecule has 0 aliphatic rings. The molecule has 0 aliphatic heterocycles. The van der Waals surface area contributed by atoms with Crippen molar-refractivity contribution in [1.82, 2.24) is 4.90 Å². The lowest BCUT2D eigenvalue weighted by Crippen LogP contribution is -2.28. The quantitative estimate of drug-likeness (QED) is 0.392. The third-order valence-electron chi connectivity index (χ3n) is 3.20. The van der Waals surface area contributed by atoms with Gasteiger partial charge in [-0.3, -0.25) is 14.9 Å². The zero-order valence-electron chi connectivity index (χ0n) is 12.9. The van der Waals surface area contributed by atoms with Crippen molar-refractivity contribution in [2.45, 2.75) is 13.8 Å². The van der Waals surface area contributed by atoms with Crippen molar-refractivity contribution in [3.05, 3.63) is 27.8 Å². The molecule has 0 aliphatic carbocycles. The number of methoxy groups -OCH3 is 1. The summed E-state index contributed by atoms with van der Waals surface area (Å²) in [6.07, 6.45) is 0.431. The summed E-state index contributed by atoms with van der Waals surface area (Å²) in [7, 11) is 1.31. The third kappa shape index (κ3) is 4.85. The maximum absolute atomic E-state index is 11.1. The van der Waals surface area contributed by atoms with Gasteiger partial charge in [0, 0.05) is 6.54 Å². The second kappa shape index (κ2) is 9.97. The van der Waals surface area contributed by atoms with Crippen molar-refractivity contribution in [2.24, 2.45) is 0 Å². The first kappa shape index (κ1) is 20.1. The number of benzene rings is 1. The van der Waals surface area contributed by atoms with Crippen LogP contribution in [0.25, 0.3) is 0 Å². The molecule has 0 heterocycles. The van der Waals surface area contributed by atoms with Gasteiger partial charge in [0.25, 0.3) is 0 Å². The van der Waals surface area contributed by atoms with Crippen LogP contribution in [-0.4, -0.2) is 49.5 Å². The topological polar surface area (TPSA) is 81.9 Å². The number of nitro groups is 1. The molecule has 0 unspecified atom stereocenters. The van der Waals surface area contributed by atoms with E-state index < -0.39 is 4.92 Å². The average molecular weight is 333 g/mol. The van der Waals surface area contributed by atoms with Crippen LogP contribution in [-0.2, 0) is 0 Å². The monoisotopic (exact) mass is 332 g/mol. The molecule has 1 aromatic rings. The van der Waals surface area contributed by atoms with Crippen molar-refractivity contribution < 1.29 is 19.2 Å². The van der Waals surface area contributed by atoms with E-state index in [1.165, 1.54) is 19.2 Å². The number of nitrogens with zero attached hydrogens (tertiary/aromatic N) is 2. The van der Waals surface area contributed by atoms with Gasteiger partial charge in [-0.1, -0.05) is 13.8 Å². The Morgan fingerprint density at radius 1 is 1.32 bits per heavy atom. The molecular weight excluding hydrogens is 312 g/mol. The van der Waals surface area contributed by atoms with Crippen LogP contribution in [0.5, 0.6) is 11.5 Å². The van der Waals surface area contributed by atoms with Crippen molar-refractivity contribution >= 4 is 24.4 Å². The molecule has 8 heteroatoms. The molecule has 0 bridgehead atoms. The molecule has 0 amide bonds. The van der Waals surface area contributed by atoms with E-state index in [4.69, 9.17) is 9.47 Å². The summed E-state index contributed by atoms with van der Waals surface area (Å²) in [5.74, 6) is 0.242. The van der Waals surface area contributed by atoms with Gasteiger partial charge in [0.2, 0.25) is 5.75 Å². The fourth-order valence-electron chi connectivity index (χ4n) is 1.99. The van der Waals surface area contributed by atoms with E-state index in [1.54, 1.807) is 0 Å². The second-order valence-corrected chi connectivity index (χ2v) is 4.29. The zero-order chi connectivity index (χ0) is 15.8. The van der Waals surface area contributed by atoms with Gasteiger partial charge in [-0.15, -0.1) is 12.4 Å². The van der Waals surface area contributed by atoms with Crippen LogP contribution in [0, 0.1) is 10.1 Å². The number of carbonyl (C=O) groups excluding carboxylic acids is 1. The van der Waals surface area contributed by atoms with Gasteiger partial charge in [-0.05, 0) is 25.2 Å². The van der Waals surface area contributed by atoms with Crippen LogP contribution in [0.15, 0.2) is 12.1 Å². The zero-order valence-corrected chi connectivity index (χ0v) is 13.7. The van der Waals surface area contributed by atoms with Gasteiger partial charge < -0.3 is 14.4 Å². The summed E-state index contributed by atoms with van der Waals surface area (Å²) in [6, 6.07) is 2.87. The minimum Gasteiger partial charge on any atom is -0.488 e. The number of rotatable bonds is 9. The fourth-order valence-corrected chi connectivity index (χ4v) is 1.99. The number of hydrogen-bond donors (Lipinski definition) is 0. The van der Waals surface area contributed by atoms with E-state index in [0.29, 0.717) is 19.4 Å². The first-order valence-corrected chi connectivity index (χ1v) is 6.74. The molecule has 0 saturated heterocycles. The molecule has 1 aromatic carbocycles. The first-order valence-electron chi connectivity index (χ1n) is 6.74. The second-order valence-electron chi connectivity index (χ2n) is 4.29. The van der Waals surface area contributed by atoms with Gasteiger partial charge in [0.1, 0.15) is 6.61 Å². The number of halogens is 1. The largest absolute Gasteiger partial charge is 0.488 e. The molecule has 7 nitrogen and oxygen atoms in total. The van der Waals surface area contributed by atoms with Crippen LogP contribution in [0.2, 0.25) is 0 Å². The standard InChI is InChI=1S/C14H20N2O5.ClH/c1-4-15(5-2)8-9-21-12-7-6-11(10-17)13(16(18)19)14(12)20-3;/h6-7,10H,4-5,8-9H2,1-3H3;1H. The molecule has 0 aromatic heterocycles. The SMILES string of the molecule is CCN(CC)CCOc1ccc(C=O)c([N+](=O)[O-])c1OC.Cl. The number of aldehydes is 1. The number of likely N-dealkylation sites (N-methyl/N-ethyl adjacent to an activating group) is 1. The van der Waals surface area contributed by atoms with Crippen LogP contribution in [0.3, 0.4) is 0 Å². The van der Waals surface area contributed by atoms with E-state index in [1.807, 2.05) is 13.8 Å². The molecule has 0 spiro atoms. The summed E-state index contributed by atoms with van der Waals surface area (Å²) in [5, 5.41) is 11.1. The number of carbonyl (C=O) groups is 1. The molecule has 0 fully saturated rings. The molecule has 0 saturated carbocycles. The Labute approximate surface area is 135 Å². The lowest BCUT2D eigenvalue weighted by atomic mass is 10.1. The molecule has 124 valence electrons. The Kier molecular flexibility index (Phi) is 9.12. The van der Waals surface area contributed by atoms with Gasteiger partial charge in [-0.2, -0.15) is 0 Å². The Morgan fingerprint density at radius 2 is 1.95 bits per heavy atom. The first-order chi connectivity index (χ1) is 10.1. The Hall–Kier alpha value is -1.86. The van der Waals surface area contributed by atoms with Gasteiger partial charge in [0.05, 0.1) is 17.6 Å². The van der Waals surface area contributed by atoms with E-state index in [0.717, 1.165) is 13.1 Å². The van der Waals surface area contributed by atoms with Crippen LogP contribution in [0.1, 0.15) is 24.2 Å². The summed E-state index contributed by atoms with van der Waals surface area (Å²) in [5.41, 5.74) is -0.402. The predicted octanol–water partition coefficient (Wildman–Crippen LogP) is 2.56. The normalized spacial score (nSPS) is 10.0. The molecule has 22 heavy (non-hydrogen) atoms. The van der Waals surface area contributed by atoms with Crippen molar-refractivity contribution in [3.63, 3.8) is 0 Å².